The molecule has 1 fully saturated rings. The van der Waals surface area contributed by atoms with E-state index in [1.807, 2.05) is 19.1 Å². The Morgan fingerprint density at radius 1 is 1.35 bits per heavy atom. The number of pyridine rings is 1. The SMILES string of the molecule is CCNc1cc(C(=O)NC2CCC2)cc(C(C)(C)C)n1. The van der Waals surface area contributed by atoms with Crippen molar-refractivity contribution in [1.29, 1.82) is 0 Å². The van der Waals surface area contributed by atoms with Crippen LogP contribution in [0.1, 0.15) is 63.0 Å². The first-order valence-electron chi connectivity index (χ1n) is 7.47. The van der Waals surface area contributed by atoms with Gasteiger partial charge in [0.1, 0.15) is 5.82 Å². The number of carbonyl (C=O) groups excluding carboxylic acids is 1. The van der Waals surface area contributed by atoms with Crippen LogP contribution >= 0.6 is 0 Å². The van der Waals surface area contributed by atoms with Crippen LogP contribution in [-0.4, -0.2) is 23.5 Å². The van der Waals surface area contributed by atoms with Gasteiger partial charge in [0.05, 0.1) is 0 Å². The fourth-order valence-corrected chi connectivity index (χ4v) is 2.14. The highest BCUT2D eigenvalue weighted by molar-refractivity contribution is 5.95. The minimum absolute atomic E-state index is 0.0155. The summed E-state index contributed by atoms with van der Waals surface area (Å²) in [4.78, 5) is 16.9. The molecule has 0 aliphatic heterocycles. The Balaban J connectivity index is 2.25. The summed E-state index contributed by atoms with van der Waals surface area (Å²) in [5.74, 6) is 0.792. The molecule has 1 amide bonds. The van der Waals surface area contributed by atoms with Gasteiger partial charge in [-0.2, -0.15) is 0 Å². The monoisotopic (exact) mass is 275 g/mol. The van der Waals surface area contributed by atoms with E-state index in [0.29, 0.717) is 11.6 Å². The first kappa shape index (κ1) is 14.8. The Bertz CT molecular complexity index is 487. The molecule has 110 valence electrons. The summed E-state index contributed by atoms with van der Waals surface area (Å²) in [6.07, 6.45) is 3.42. The molecule has 4 nitrogen and oxygen atoms in total. The Morgan fingerprint density at radius 3 is 2.55 bits per heavy atom. The predicted octanol–water partition coefficient (Wildman–Crippen LogP) is 3.09. The van der Waals surface area contributed by atoms with Gasteiger partial charge in [-0.05, 0) is 38.3 Å². The molecule has 1 aromatic rings. The second-order valence-corrected chi connectivity index (χ2v) is 6.51. The molecule has 20 heavy (non-hydrogen) atoms. The molecular formula is C16H25N3O. The van der Waals surface area contributed by atoms with E-state index in [1.165, 1.54) is 6.42 Å². The molecule has 2 N–H and O–H groups in total. The molecule has 4 heteroatoms. The van der Waals surface area contributed by atoms with Crippen molar-refractivity contribution >= 4 is 11.7 Å². The predicted molar refractivity (Wildman–Crippen MR) is 82.2 cm³/mol. The lowest BCUT2D eigenvalue weighted by Gasteiger charge is -2.27. The highest BCUT2D eigenvalue weighted by Crippen LogP contribution is 2.24. The second kappa shape index (κ2) is 5.81. The van der Waals surface area contributed by atoms with Gasteiger partial charge in [-0.1, -0.05) is 20.8 Å². The van der Waals surface area contributed by atoms with E-state index in [-0.39, 0.29) is 11.3 Å². The quantitative estimate of drug-likeness (QED) is 0.888. The van der Waals surface area contributed by atoms with E-state index >= 15 is 0 Å². The molecule has 2 rings (SSSR count). The summed E-state index contributed by atoms with van der Waals surface area (Å²) in [6.45, 7) is 9.15. The molecule has 0 unspecified atom stereocenters. The number of carbonyl (C=O) groups is 1. The lowest BCUT2D eigenvalue weighted by molar-refractivity contribution is 0.0916. The van der Waals surface area contributed by atoms with Crippen LogP contribution < -0.4 is 10.6 Å². The van der Waals surface area contributed by atoms with E-state index in [1.54, 1.807) is 0 Å². The summed E-state index contributed by atoms with van der Waals surface area (Å²) in [6, 6.07) is 4.11. The molecule has 1 heterocycles. The number of hydrogen-bond acceptors (Lipinski definition) is 3. The molecule has 0 radical (unpaired) electrons. The number of hydrogen-bond donors (Lipinski definition) is 2. The number of rotatable bonds is 4. The van der Waals surface area contributed by atoms with Crippen molar-refractivity contribution in [3.63, 3.8) is 0 Å². The normalized spacial score (nSPS) is 15.6. The minimum atomic E-state index is -0.0725. The standard InChI is InChI=1S/C16H25N3O/c1-5-17-14-10-11(9-13(19-14)16(2,3)4)15(20)18-12-7-6-8-12/h9-10,12H,5-8H2,1-4H3,(H,17,19)(H,18,20). The average Bonchev–Trinajstić information content (AvgIpc) is 2.32. The molecular weight excluding hydrogens is 250 g/mol. The highest BCUT2D eigenvalue weighted by atomic mass is 16.1. The Labute approximate surface area is 121 Å². The summed E-state index contributed by atoms with van der Waals surface area (Å²) >= 11 is 0. The molecule has 1 aliphatic carbocycles. The zero-order valence-corrected chi connectivity index (χ0v) is 12.9. The first-order valence-corrected chi connectivity index (χ1v) is 7.47. The molecule has 1 aromatic heterocycles. The van der Waals surface area contributed by atoms with Crippen molar-refractivity contribution in [2.75, 3.05) is 11.9 Å². The fourth-order valence-electron chi connectivity index (χ4n) is 2.14. The molecule has 1 aliphatic rings. The average molecular weight is 275 g/mol. The third-order valence-corrected chi connectivity index (χ3v) is 3.65. The summed E-state index contributed by atoms with van der Waals surface area (Å²) in [7, 11) is 0. The van der Waals surface area contributed by atoms with Crippen LogP contribution in [-0.2, 0) is 5.41 Å². The largest absolute Gasteiger partial charge is 0.370 e. The van der Waals surface area contributed by atoms with Crippen molar-refractivity contribution in [2.24, 2.45) is 0 Å². The Hall–Kier alpha value is -1.58. The van der Waals surface area contributed by atoms with E-state index < -0.39 is 0 Å². The lowest BCUT2D eigenvalue weighted by Crippen LogP contribution is -2.39. The van der Waals surface area contributed by atoms with Gasteiger partial charge in [-0.3, -0.25) is 4.79 Å². The van der Waals surface area contributed by atoms with Crippen LogP contribution in [0, 0.1) is 0 Å². The third kappa shape index (κ3) is 3.50. The van der Waals surface area contributed by atoms with Gasteiger partial charge in [0.25, 0.3) is 5.91 Å². The van der Waals surface area contributed by atoms with Gasteiger partial charge in [0, 0.05) is 29.3 Å². The third-order valence-electron chi connectivity index (χ3n) is 3.65. The van der Waals surface area contributed by atoms with E-state index in [9.17, 15) is 4.79 Å². The van der Waals surface area contributed by atoms with Gasteiger partial charge in [-0.25, -0.2) is 4.98 Å². The minimum Gasteiger partial charge on any atom is -0.370 e. The van der Waals surface area contributed by atoms with Crippen molar-refractivity contribution < 1.29 is 4.79 Å². The van der Waals surface area contributed by atoms with E-state index in [0.717, 1.165) is 30.9 Å². The number of nitrogens with one attached hydrogen (secondary N) is 2. The van der Waals surface area contributed by atoms with Gasteiger partial charge in [-0.15, -0.1) is 0 Å². The van der Waals surface area contributed by atoms with Crippen molar-refractivity contribution in [1.82, 2.24) is 10.3 Å². The molecule has 0 aromatic carbocycles. The highest BCUT2D eigenvalue weighted by Gasteiger charge is 2.23. The lowest BCUT2D eigenvalue weighted by atomic mass is 9.90. The number of aromatic nitrogens is 1. The molecule has 0 spiro atoms. The van der Waals surface area contributed by atoms with E-state index in [4.69, 9.17) is 0 Å². The van der Waals surface area contributed by atoms with Crippen molar-refractivity contribution in [2.45, 2.75) is 58.4 Å². The molecule has 1 saturated carbocycles. The maximum absolute atomic E-state index is 12.3. The van der Waals surface area contributed by atoms with Gasteiger partial charge in [0.2, 0.25) is 0 Å². The topological polar surface area (TPSA) is 54.0 Å². The summed E-state index contributed by atoms with van der Waals surface area (Å²) in [5, 5.41) is 6.29. The Kier molecular flexibility index (Phi) is 4.31. The van der Waals surface area contributed by atoms with Gasteiger partial charge >= 0.3 is 0 Å². The summed E-state index contributed by atoms with van der Waals surface area (Å²) in [5.41, 5.74) is 1.57. The molecule has 0 saturated heterocycles. The van der Waals surface area contributed by atoms with Crippen LogP contribution in [0.25, 0.3) is 0 Å². The maximum Gasteiger partial charge on any atom is 0.251 e. The number of amides is 1. The van der Waals surface area contributed by atoms with Crippen LogP contribution in [0.15, 0.2) is 12.1 Å². The zero-order chi connectivity index (χ0) is 14.8. The molecule has 0 atom stereocenters. The van der Waals surface area contributed by atoms with Gasteiger partial charge in [0.15, 0.2) is 0 Å². The first-order chi connectivity index (χ1) is 9.40. The zero-order valence-electron chi connectivity index (χ0n) is 12.9. The number of nitrogens with zero attached hydrogens (tertiary/aromatic N) is 1. The fraction of sp³-hybridized carbons (Fsp3) is 0.625. The smallest absolute Gasteiger partial charge is 0.251 e. The van der Waals surface area contributed by atoms with Crippen LogP contribution in [0.3, 0.4) is 0 Å². The second-order valence-electron chi connectivity index (χ2n) is 6.51. The van der Waals surface area contributed by atoms with Gasteiger partial charge < -0.3 is 10.6 Å². The number of anilines is 1. The van der Waals surface area contributed by atoms with Crippen molar-refractivity contribution in [3.8, 4) is 0 Å². The Morgan fingerprint density at radius 2 is 2.05 bits per heavy atom. The van der Waals surface area contributed by atoms with Crippen molar-refractivity contribution in [3.05, 3.63) is 23.4 Å². The molecule has 0 bridgehead atoms. The van der Waals surface area contributed by atoms with Crippen LogP contribution in [0.4, 0.5) is 5.82 Å². The summed E-state index contributed by atoms with van der Waals surface area (Å²) < 4.78 is 0. The van der Waals surface area contributed by atoms with E-state index in [2.05, 4.69) is 36.4 Å². The van der Waals surface area contributed by atoms with Crippen LogP contribution in [0.5, 0.6) is 0 Å². The maximum atomic E-state index is 12.3. The van der Waals surface area contributed by atoms with Crippen LogP contribution in [0.2, 0.25) is 0 Å².